The molecule has 1 unspecified atom stereocenters. The summed E-state index contributed by atoms with van der Waals surface area (Å²) in [6.45, 7) is 0.795. The Labute approximate surface area is 124 Å². The topological polar surface area (TPSA) is 80.3 Å². The maximum atomic E-state index is 12.5. The van der Waals surface area contributed by atoms with E-state index in [4.69, 9.17) is 4.74 Å². The number of nitrogens with zero attached hydrogens (tertiary/aromatic N) is 1. The van der Waals surface area contributed by atoms with E-state index in [1.807, 2.05) is 5.32 Å². The average Bonchev–Trinajstić information content (AvgIpc) is 2.97. The first-order valence-corrected chi connectivity index (χ1v) is 6.61. The fourth-order valence-electron chi connectivity index (χ4n) is 1.93. The molecule has 2 N–H and O–H groups in total. The number of aromatic nitrogens is 1. The van der Waals surface area contributed by atoms with Crippen molar-refractivity contribution in [2.45, 2.75) is 25.1 Å². The lowest BCUT2D eigenvalue weighted by Gasteiger charge is -2.11. The highest BCUT2D eigenvalue weighted by Crippen LogP contribution is 2.28. The molecule has 0 bridgehead atoms. The molecule has 0 saturated carbocycles. The van der Waals surface area contributed by atoms with Crippen molar-refractivity contribution in [2.24, 2.45) is 0 Å². The van der Waals surface area contributed by atoms with Crippen LogP contribution in [0.3, 0.4) is 0 Å². The molecule has 9 heteroatoms. The number of nitrogens with one attached hydrogen (secondary N) is 2. The number of carbonyl (C=O) groups excluding carboxylic acids is 2. The van der Waals surface area contributed by atoms with Gasteiger partial charge in [-0.2, -0.15) is 13.2 Å². The van der Waals surface area contributed by atoms with Crippen LogP contribution in [0.1, 0.15) is 18.5 Å². The van der Waals surface area contributed by atoms with Gasteiger partial charge in [-0.15, -0.1) is 0 Å². The first-order valence-electron chi connectivity index (χ1n) is 6.61. The predicted octanol–water partition coefficient (Wildman–Crippen LogP) is 1.33. The molecule has 0 aromatic carbocycles. The molecule has 6 nitrogen and oxygen atoms in total. The van der Waals surface area contributed by atoms with Gasteiger partial charge < -0.3 is 15.4 Å². The van der Waals surface area contributed by atoms with Gasteiger partial charge in [0.2, 0.25) is 0 Å². The molecule has 2 heterocycles. The molecule has 22 heavy (non-hydrogen) atoms. The third kappa shape index (κ3) is 4.42. The van der Waals surface area contributed by atoms with Gasteiger partial charge in [-0.3, -0.25) is 9.59 Å². The molecule has 1 atom stereocenters. The molecule has 0 aliphatic carbocycles. The van der Waals surface area contributed by atoms with Crippen LogP contribution in [-0.4, -0.2) is 36.1 Å². The van der Waals surface area contributed by atoms with Crippen LogP contribution in [0.4, 0.5) is 19.0 Å². The van der Waals surface area contributed by atoms with Gasteiger partial charge in [0.15, 0.2) is 0 Å². The fourth-order valence-corrected chi connectivity index (χ4v) is 1.93. The summed E-state index contributed by atoms with van der Waals surface area (Å²) in [5.41, 5.74) is -1.15. The van der Waals surface area contributed by atoms with Gasteiger partial charge in [0.05, 0.1) is 6.10 Å². The van der Waals surface area contributed by atoms with Crippen LogP contribution in [-0.2, 0) is 20.5 Å². The van der Waals surface area contributed by atoms with E-state index in [1.54, 1.807) is 0 Å². The van der Waals surface area contributed by atoms with Crippen molar-refractivity contribution in [1.29, 1.82) is 0 Å². The summed E-state index contributed by atoms with van der Waals surface area (Å²) in [5, 5.41) is 4.39. The van der Waals surface area contributed by atoms with Crippen molar-refractivity contribution >= 4 is 17.6 Å². The fraction of sp³-hybridized carbons (Fsp3) is 0.462. The number of rotatable bonds is 3. The summed E-state index contributed by atoms with van der Waals surface area (Å²) in [6, 6.07) is 3.03. The Morgan fingerprint density at radius 2 is 2.09 bits per heavy atom. The second-order valence-corrected chi connectivity index (χ2v) is 4.71. The van der Waals surface area contributed by atoms with Crippen molar-refractivity contribution in [3.63, 3.8) is 0 Å². The van der Waals surface area contributed by atoms with Gasteiger partial charge in [0.1, 0.15) is 11.5 Å². The zero-order valence-corrected chi connectivity index (χ0v) is 11.4. The maximum Gasteiger partial charge on any atom is 0.433 e. The predicted molar refractivity (Wildman–Crippen MR) is 69.9 cm³/mol. The second kappa shape index (κ2) is 6.73. The van der Waals surface area contributed by atoms with E-state index >= 15 is 0 Å². The summed E-state index contributed by atoms with van der Waals surface area (Å²) < 4.78 is 42.7. The minimum atomic E-state index is -4.62. The van der Waals surface area contributed by atoms with Gasteiger partial charge in [0.25, 0.3) is 0 Å². The van der Waals surface area contributed by atoms with Gasteiger partial charge in [-0.25, -0.2) is 4.98 Å². The molecule has 1 saturated heterocycles. The number of carbonyl (C=O) groups is 2. The van der Waals surface area contributed by atoms with Crippen LogP contribution in [0.5, 0.6) is 0 Å². The van der Waals surface area contributed by atoms with E-state index in [0.29, 0.717) is 6.61 Å². The number of halogens is 3. The van der Waals surface area contributed by atoms with Gasteiger partial charge in [-0.1, -0.05) is 6.07 Å². The first-order chi connectivity index (χ1) is 10.4. The lowest BCUT2D eigenvalue weighted by Crippen LogP contribution is -2.39. The molecule has 0 radical (unpaired) electrons. The summed E-state index contributed by atoms with van der Waals surface area (Å²) >= 11 is 0. The summed E-state index contributed by atoms with van der Waals surface area (Å²) in [4.78, 5) is 26.4. The van der Waals surface area contributed by atoms with Crippen molar-refractivity contribution < 1.29 is 27.5 Å². The van der Waals surface area contributed by atoms with Gasteiger partial charge in [0, 0.05) is 13.2 Å². The minimum absolute atomic E-state index is 0.136. The molecule has 2 amide bonds. The number of hydrogen-bond donors (Lipinski definition) is 2. The number of anilines is 1. The lowest BCUT2D eigenvalue weighted by molar-refractivity contribution is -0.141. The first kappa shape index (κ1) is 16.2. The minimum Gasteiger partial charge on any atom is -0.376 e. The molecule has 120 valence electrons. The van der Waals surface area contributed by atoms with Crippen LogP contribution in [0.2, 0.25) is 0 Å². The zero-order chi connectivity index (χ0) is 16.2. The molecular weight excluding hydrogens is 303 g/mol. The largest absolute Gasteiger partial charge is 0.433 e. The van der Waals surface area contributed by atoms with Crippen LogP contribution in [0.25, 0.3) is 0 Å². The van der Waals surface area contributed by atoms with E-state index in [9.17, 15) is 22.8 Å². The smallest absolute Gasteiger partial charge is 0.376 e. The summed E-state index contributed by atoms with van der Waals surface area (Å²) in [6.07, 6.45) is -3.08. The Bertz CT molecular complexity index is 557. The second-order valence-electron chi connectivity index (χ2n) is 4.71. The van der Waals surface area contributed by atoms with Crippen molar-refractivity contribution in [3.05, 3.63) is 23.9 Å². The van der Waals surface area contributed by atoms with Gasteiger partial charge in [-0.05, 0) is 25.0 Å². The molecule has 1 aliphatic heterocycles. The molecule has 1 fully saturated rings. The van der Waals surface area contributed by atoms with Gasteiger partial charge >= 0.3 is 18.0 Å². The van der Waals surface area contributed by atoms with E-state index in [0.717, 1.165) is 25.0 Å². The average molecular weight is 317 g/mol. The maximum absolute atomic E-state index is 12.5. The highest BCUT2D eigenvalue weighted by molar-refractivity contribution is 6.39. The third-order valence-electron chi connectivity index (χ3n) is 3.00. The summed E-state index contributed by atoms with van der Waals surface area (Å²) in [7, 11) is 0. The summed E-state index contributed by atoms with van der Waals surface area (Å²) in [5.74, 6) is -2.37. The molecule has 1 aliphatic rings. The van der Waals surface area contributed by atoms with E-state index in [2.05, 4.69) is 10.3 Å². The molecule has 0 spiro atoms. The standard InChI is InChI=1S/C13H14F3N3O3/c14-13(15,16)9-4-1-5-10(18-9)19-12(21)11(20)17-7-8-3-2-6-22-8/h1,4-5,8H,2-3,6-7H2,(H,17,20)(H,18,19,21). The molecular formula is C13H14F3N3O3. The van der Waals surface area contributed by atoms with Crippen molar-refractivity contribution in [2.75, 3.05) is 18.5 Å². The van der Waals surface area contributed by atoms with Crippen molar-refractivity contribution in [1.82, 2.24) is 10.3 Å². The van der Waals surface area contributed by atoms with Crippen LogP contribution in [0.15, 0.2) is 18.2 Å². The number of hydrogen-bond acceptors (Lipinski definition) is 4. The molecule has 1 aromatic rings. The Kier molecular flexibility index (Phi) is 4.96. The zero-order valence-electron chi connectivity index (χ0n) is 11.4. The third-order valence-corrected chi connectivity index (χ3v) is 3.00. The Morgan fingerprint density at radius 3 is 2.73 bits per heavy atom. The SMILES string of the molecule is O=C(NCC1CCCO1)C(=O)Nc1cccc(C(F)(F)F)n1. The number of amides is 2. The number of ether oxygens (including phenoxy) is 1. The highest BCUT2D eigenvalue weighted by Gasteiger charge is 2.32. The number of alkyl halides is 3. The van der Waals surface area contributed by atoms with Crippen LogP contribution >= 0.6 is 0 Å². The Morgan fingerprint density at radius 1 is 1.32 bits per heavy atom. The highest BCUT2D eigenvalue weighted by atomic mass is 19.4. The Hall–Kier alpha value is -2.16. The molecule has 1 aromatic heterocycles. The Balaban J connectivity index is 1.89. The van der Waals surface area contributed by atoms with E-state index < -0.39 is 23.7 Å². The number of pyridine rings is 1. The van der Waals surface area contributed by atoms with E-state index in [-0.39, 0.29) is 18.5 Å². The lowest BCUT2D eigenvalue weighted by atomic mass is 10.2. The van der Waals surface area contributed by atoms with Crippen LogP contribution in [0, 0.1) is 0 Å². The normalized spacial score (nSPS) is 18.0. The van der Waals surface area contributed by atoms with Crippen molar-refractivity contribution in [3.8, 4) is 0 Å². The van der Waals surface area contributed by atoms with Crippen LogP contribution < -0.4 is 10.6 Å². The quantitative estimate of drug-likeness (QED) is 0.824. The molecule has 2 rings (SSSR count). The van der Waals surface area contributed by atoms with E-state index in [1.165, 1.54) is 6.07 Å². The monoisotopic (exact) mass is 317 g/mol.